The summed E-state index contributed by atoms with van der Waals surface area (Å²) < 4.78 is 34.1. The number of aryl methyl sites for hydroxylation is 1. The van der Waals surface area contributed by atoms with Gasteiger partial charge in [0.05, 0.1) is 27.9 Å². The highest BCUT2D eigenvalue weighted by Crippen LogP contribution is 2.47. The van der Waals surface area contributed by atoms with Gasteiger partial charge in [0.2, 0.25) is 10.0 Å². The van der Waals surface area contributed by atoms with Gasteiger partial charge in [-0.25, -0.2) is 8.42 Å². The molecule has 1 unspecified atom stereocenters. The number of halogens is 1. The van der Waals surface area contributed by atoms with E-state index in [1.54, 1.807) is 16.4 Å². The molecule has 0 aromatic heterocycles. The number of nitrogens with zero attached hydrogens (tertiary/aromatic N) is 1. The first-order valence-corrected chi connectivity index (χ1v) is 14.2. The molecule has 0 amide bonds. The normalized spacial score (nSPS) is 31.6. The molecule has 0 radical (unpaired) electrons. The highest BCUT2D eigenvalue weighted by molar-refractivity contribution is 9.09. The van der Waals surface area contributed by atoms with Gasteiger partial charge in [0.25, 0.3) is 0 Å². The van der Waals surface area contributed by atoms with Crippen LogP contribution in [-0.2, 0) is 14.4 Å². The standard InChI is InChI=1S/C19H28BrNO3SSi/c1-13-7-9-14(10-8-13)25(22,23)21-15-11-12-16(17(20)18(15)21)24-26(5,6)19(2,3)4/h7-12,15-18H,1-6H3/t15-,16+,17-,18-,21?/m1/s1. The smallest absolute Gasteiger partial charge is 0.244 e. The second-order valence-corrected chi connectivity index (χ2v) is 16.5. The predicted octanol–water partition coefficient (Wildman–Crippen LogP) is 4.46. The SMILES string of the molecule is Cc1ccc(S(=O)(=O)N2[C@H]3[C@H](Br)[C@@H](O[Si](C)(C)C(C)(C)C)C=C[C@H]32)cc1. The van der Waals surface area contributed by atoms with Crippen molar-refractivity contribution in [3.8, 4) is 0 Å². The Bertz CT molecular complexity index is 814. The van der Waals surface area contributed by atoms with Crippen molar-refractivity contribution < 1.29 is 12.8 Å². The van der Waals surface area contributed by atoms with Crippen LogP contribution >= 0.6 is 15.9 Å². The number of benzene rings is 1. The van der Waals surface area contributed by atoms with E-state index in [4.69, 9.17) is 4.43 Å². The number of hydrogen-bond acceptors (Lipinski definition) is 3. The lowest BCUT2D eigenvalue weighted by Crippen LogP contribution is -2.47. The molecule has 1 aromatic rings. The van der Waals surface area contributed by atoms with Crippen molar-refractivity contribution in [2.45, 2.75) is 73.7 Å². The molecule has 1 aliphatic heterocycles. The van der Waals surface area contributed by atoms with Crippen LogP contribution in [0.15, 0.2) is 41.3 Å². The van der Waals surface area contributed by atoms with E-state index in [0.717, 1.165) is 5.56 Å². The van der Waals surface area contributed by atoms with E-state index in [2.05, 4.69) is 49.8 Å². The van der Waals surface area contributed by atoms with E-state index in [-0.39, 0.29) is 28.1 Å². The van der Waals surface area contributed by atoms with E-state index in [0.29, 0.717) is 4.90 Å². The maximum atomic E-state index is 13.0. The highest BCUT2D eigenvalue weighted by Gasteiger charge is 2.60. The average Bonchev–Trinajstić information content (AvgIpc) is 3.25. The Morgan fingerprint density at radius 2 is 1.69 bits per heavy atom. The molecule has 1 aliphatic carbocycles. The molecule has 144 valence electrons. The van der Waals surface area contributed by atoms with Crippen molar-refractivity contribution in [1.29, 1.82) is 0 Å². The highest BCUT2D eigenvalue weighted by atomic mass is 79.9. The van der Waals surface area contributed by atoms with Gasteiger partial charge in [0.1, 0.15) is 0 Å². The first kappa shape index (κ1) is 20.3. The molecule has 1 saturated heterocycles. The van der Waals surface area contributed by atoms with Crippen molar-refractivity contribution in [3.05, 3.63) is 42.0 Å². The van der Waals surface area contributed by atoms with Gasteiger partial charge in [-0.1, -0.05) is 66.5 Å². The van der Waals surface area contributed by atoms with E-state index in [9.17, 15) is 8.42 Å². The summed E-state index contributed by atoms with van der Waals surface area (Å²) in [6, 6.07) is 6.89. The molecule has 3 rings (SSSR count). The van der Waals surface area contributed by atoms with Crippen molar-refractivity contribution >= 4 is 34.3 Å². The van der Waals surface area contributed by atoms with Crippen LogP contribution in [0.4, 0.5) is 0 Å². The summed E-state index contributed by atoms with van der Waals surface area (Å²) in [6.07, 6.45) is 3.92. The van der Waals surface area contributed by atoms with Crippen molar-refractivity contribution in [3.63, 3.8) is 0 Å². The first-order chi connectivity index (χ1) is 11.9. The largest absolute Gasteiger partial charge is 0.409 e. The third kappa shape index (κ3) is 3.49. The van der Waals surface area contributed by atoms with Crippen LogP contribution in [0, 0.1) is 6.92 Å². The number of alkyl halides is 1. The summed E-state index contributed by atoms with van der Waals surface area (Å²) in [4.78, 5) is 0.319. The topological polar surface area (TPSA) is 46.4 Å². The fourth-order valence-corrected chi connectivity index (χ4v) is 7.30. The number of rotatable bonds is 4. The van der Waals surface area contributed by atoms with Crippen LogP contribution in [-0.4, -0.2) is 44.1 Å². The van der Waals surface area contributed by atoms with Crippen molar-refractivity contribution in [2.75, 3.05) is 0 Å². The van der Waals surface area contributed by atoms with Gasteiger partial charge in [0.15, 0.2) is 8.32 Å². The molecule has 0 saturated carbocycles. The van der Waals surface area contributed by atoms with Crippen LogP contribution in [0.1, 0.15) is 26.3 Å². The molecule has 0 N–H and O–H groups in total. The summed E-state index contributed by atoms with van der Waals surface area (Å²) in [5.74, 6) is 0. The third-order valence-corrected chi connectivity index (χ3v) is 13.3. The van der Waals surface area contributed by atoms with Gasteiger partial charge in [-0.3, -0.25) is 0 Å². The van der Waals surface area contributed by atoms with Crippen LogP contribution in [0.5, 0.6) is 0 Å². The first-order valence-electron chi connectivity index (χ1n) is 8.97. The maximum Gasteiger partial charge on any atom is 0.244 e. The Labute approximate surface area is 166 Å². The minimum Gasteiger partial charge on any atom is -0.409 e. The number of sulfonamides is 1. The van der Waals surface area contributed by atoms with E-state index in [1.807, 2.05) is 31.2 Å². The summed E-state index contributed by atoms with van der Waals surface area (Å²) in [5.41, 5.74) is 1.05. The van der Waals surface area contributed by atoms with Crippen molar-refractivity contribution in [1.82, 2.24) is 4.31 Å². The molecule has 7 heteroatoms. The van der Waals surface area contributed by atoms with Gasteiger partial charge in [-0.15, -0.1) is 0 Å². The van der Waals surface area contributed by atoms with Gasteiger partial charge in [-0.2, -0.15) is 4.31 Å². The van der Waals surface area contributed by atoms with Crippen molar-refractivity contribution in [2.24, 2.45) is 0 Å². The zero-order valence-electron chi connectivity index (χ0n) is 16.2. The molecule has 1 fully saturated rings. The molecule has 1 heterocycles. The summed E-state index contributed by atoms with van der Waals surface area (Å²) >= 11 is 3.74. The minimum absolute atomic E-state index is 0.0353. The molecule has 4 nitrogen and oxygen atoms in total. The van der Waals surface area contributed by atoms with Gasteiger partial charge in [0, 0.05) is 0 Å². The average molecular weight is 458 g/mol. The Hall–Kier alpha value is -0.473. The van der Waals surface area contributed by atoms with E-state index in [1.165, 1.54) is 0 Å². The van der Waals surface area contributed by atoms with Crippen LogP contribution in [0.2, 0.25) is 18.1 Å². The zero-order valence-corrected chi connectivity index (χ0v) is 19.6. The molecule has 26 heavy (non-hydrogen) atoms. The fourth-order valence-electron chi connectivity index (χ4n) is 3.07. The lowest BCUT2D eigenvalue weighted by Gasteiger charge is -2.40. The molecule has 1 aromatic carbocycles. The molecular formula is C19H28BrNO3SSi. The number of fused-ring (bicyclic) bond motifs is 1. The summed E-state index contributed by atoms with van der Waals surface area (Å²) in [7, 11) is -5.42. The second kappa shape index (κ2) is 6.55. The molecular weight excluding hydrogens is 430 g/mol. The van der Waals surface area contributed by atoms with Crippen LogP contribution in [0.25, 0.3) is 0 Å². The van der Waals surface area contributed by atoms with Gasteiger partial charge < -0.3 is 4.43 Å². The fraction of sp³-hybridized carbons (Fsp3) is 0.579. The lowest BCUT2D eigenvalue weighted by atomic mass is 10.1. The predicted molar refractivity (Wildman–Crippen MR) is 112 cm³/mol. The monoisotopic (exact) mass is 457 g/mol. The zero-order chi connectivity index (χ0) is 19.5. The maximum absolute atomic E-state index is 13.0. The van der Waals surface area contributed by atoms with Gasteiger partial charge >= 0.3 is 0 Å². The van der Waals surface area contributed by atoms with Gasteiger partial charge in [-0.05, 0) is 37.2 Å². The summed E-state index contributed by atoms with van der Waals surface area (Å²) in [5, 5.41) is 0.113. The Kier molecular flexibility index (Phi) is 5.11. The molecule has 5 atom stereocenters. The van der Waals surface area contributed by atoms with Crippen LogP contribution in [0.3, 0.4) is 0 Å². The summed E-state index contributed by atoms with van der Waals surface area (Å²) in [6.45, 7) is 13.0. The Balaban J connectivity index is 1.79. The van der Waals surface area contributed by atoms with E-state index < -0.39 is 18.3 Å². The number of hydrogen-bond donors (Lipinski definition) is 0. The molecule has 0 bridgehead atoms. The minimum atomic E-state index is -3.49. The Morgan fingerprint density at radius 3 is 2.23 bits per heavy atom. The quantitative estimate of drug-likeness (QED) is 0.290. The third-order valence-electron chi connectivity index (χ3n) is 5.82. The molecule has 0 spiro atoms. The molecule has 2 aliphatic rings. The second-order valence-electron chi connectivity index (χ2n) is 8.80. The lowest BCUT2D eigenvalue weighted by molar-refractivity contribution is 0.217. The Morgan fingerprint density at radius 1 is 1.12 bits per heavy atom. The van der Waals surface area contributed by atoms with Crippen LogP contribution < -0.4 is 0 Å². The van der Waals surface area contributed by atoms with E-state index >= 15 is 0 Å².